The lowest BCUT2D eigenvalue weighted by atomic mass is 9.73. The van der Waals surface area contributed by atoms with Crippen LogP contribution in [0, 0.1) is 11.8 Å². The van der Waals surface area contributed by atoms with Crippen molar-refractivity contribution in [3.8, 4) is 5.82 Å². The van der Waals surface area contributed by atoms with Gasteiger partial charge in [-0.25, -0.2) is 4.98 Å². The first-order valence-electron chi connectivity index (χ1n) is 11.1. The van der Waals surface area contributed by atoms with Gasteiger partial charge in [0.15, 0.2) is 11.5 Å². The molecular weight excluding hydrogens is 380 g/mol. The number of aromatic nitrogens is 5. The van der Waals surface area contributed by atoms with Gasteiger partial charge in [0.05, 0.1) is 37.3 Å². The van der Waals surface area contributed by atoms with Crippen molar-refractivity contribution in [2.75, 3.05) is 24.7 Å². The molecule has 2 aliphatic carbocycles. The van der Waals surface area contributed by atoms with Crippen LogP contribution in [0.2, 0.25) is 0 Å². The lowest BCUT2D eigenvalue weighted by Crippen LogP contribution is -2.44. The Morgan fingerprint density at radius 3 is 2.83 bits per heavy atom. The number of hydrogen-bond acceptors (Lipinski definition) is 6. The van der Waals surface area contributed by atoms with E-state index in [9.17, 15) is 5.11 Å². The number of morpholine rings is 1. The lowest BCUT2D eigenvalue weighted by Gasteiger charge is -2.39. The van der Waals surface area contributed by atoms with Crippen LogP contribution in [0.5, 0.6) is 0 Å². The van der Waals surface area contributed by atoms with Gasteiger partial charge in [0, 0.05) is 18.0 Å². The highest BCUT2D eigenvalue weighted by Gasteiger charge is 2.45. The second kappa shape index (κ2) is 6.78. The van der Waals surface area contributed by atoms with Crippen LogP contribution < -0.4 is 4.90 Å². The molecular formula is C22H28N6O2. The molecule has 8 nitrogen and oxygen atoms in total. The van der Waals surface area contributed by atoms with E-state index in [0.29, 0.717) is 25.0 Å². The number of nitrogens with zero attached hydrogens (tertiary/aromatic N) is 5. The van der Waals surface area contributed by atoms with Crippen molar-refractivity contribution >= 4 is 16.9 Å². The molecule has 3 aromatic rings. The molecule has 6 rings (SSSR count). The Kier molecular flexibility index (Phi) is 4.14. The van der Waals surface area contributed by atoms with Crippen molar-refractivity contribution in [2.24, 2.45) is 11.8 Å². The highest BCUT2D eigenvalue weighted by Crippen LogP contribution is 2.52. The first-order chi connectivity index (χ1) is 14.6. The molecule has 4 atom stereocenters. The number of ether oxygens (including phenoxy) is 1. The summed E-state index contributed by atoms with van der Waals surface area (Å²) in [7, 11) is 0. The number of rotatable bonds is 3. The highest BCUT2D eigenvalue weighted by molar-refractivity contribution is 5.83. The Balaban J connectivity index is 1.54. The van der Waals surface area contributed by atoms with Gasteiger partial charge in [-0.05, 0) is 49.7 Å². The molecule has 0 amide bonds. The quantitative estimate of drug-likeness (QED) is 0.692. The summed E-state index contributed by atoms with van der Waals surface area (Å²) in [6, 6.07) is 4.23. The van der Waals surface area contributed by atoms with Crippen molar-refractivity contribution < 1.29 is 9.84 Å². The van der Waals surface area contributed by atoms with Gasteiger partial charge in [0.25, 0.3) is 0 Å². The van der Waals surface area contributed by atoms with E-state index in [1.54, 1.807) is 10.9 Å². The standard InChI is InChI=1S/C22H28N6O2/c1-14-13-30-7-6-27(14)20-9-18(22(29)10-15-2-3-16(8-15)11-22)17-12-24-28(21(17)25-20)19-4-5-23-26-19/h4-5,9,12,14-16,29H,2-3,6-8,10-11,13H2,1H3,(H,23,26)/t14-,15-,16+,22?/m1/s1. The minimum atomic E-state index is -0.822. The summed E-state index contributed by atoms with van der Waals surface area (Å²) in [5.41, 5.74) is 0.914. The predicted molar refractivity (Wildman–Crippen MR) is 113 cm³/mol. The van der Waals surface area contributed by atoms with E-state index in [0.717, 1.165) is 47.6 Å². The van der Waals surface area contributed by atoms with Crippen LogP contribution in [0.15, 0.2) is 24.5 Å². The van der Waals surface area contributed by atoms with Crippen molar-refractivity contribution in [1.29, 1.82) is 0 Å². The number of aliphatic hydroxyl groups is 1. The van der Waals surface area contributed by atoms with E-state index in [1.165, 1.54) is 19.3 Å². The molecule has 0 aromatic carbocycles. The Morgan fingerprint density at radius 1 is 1.27 bits per heavy atom. The van der Waals surface area contributed by atoms with Crippen LogP contribution in [-0.4, -0.2) is 55.9 Å². The molecule has 2 N–H and O–H groups in total. The van der Waals surface area contributed by atoms with E-state index < -0.39 is 5.60 Å². The lowest BCUT2D eigenvalue weighted by molar-refractivity contribution is -0.0243. The average molecular weight is 409 g/mol. The maximum absolute atomic E-state index is 11.9. The summed E-state index contributed by atoms with van der Waals surface area (Å²) in [6.07, 6.45) is 8.96. The molecule has 2 saturated carbocycles. The molecule has 4 heterocycles. The SMILES string of the molecule is C[C@@H]1COCCN1c1cc(C2(O)C[C@@H]3CC[C@@H](C3)C2)c2cnn(-c3ccn[nH]3)c2n1. The van der Waals surface area contributed by atoms with E-state index in [1.807, 2.05) is 12.3 Å². The van der Waals surface area contributed by atoms with E-state index in [2.05, 4.69) is 33.2 Å². The molecule has 3 aromatic heterocycles. The van der Waals surface area contributed by atoms with Crippen molar-refractivity contribution in [2.45, 2.75) is 50.7 Å². The Hall–Kier alpha value is -2.45. The molecule has 3 fully saturated rings. The summed E-state index contributed by atoms with van der Waals surface area (Å²) in [5, 5.41) is 24.5. The Bertz CT molecular complexity index is 1050. The van der Waals surface area contributed by atoms with Crippen molar-refractivity contribution in [3.05, 3.63) is 30.1 Å². The molecule has 158 valence electrons. The minimum Gasteiger partial charge on any atom is -0.385 e. The number of anilines is 1. The highest BCUT2D eigenvalue weighted by atomic mass is 16.5. The van der Waals surface area contributed by atoms with Crippen LogP contribution in [0.3, 0.4) is 0 Å². The topological polar surface area (TPSA) is 92.1 Å². The molecule has 1 saturated heterocycles. The van der Waals surface area contributed by atoms with Crippen molar-refractivity contribution in [3.63, 3.8) is 0 Å². The molecule has 30 heavy (non-hydrogen) atoms. The summed E-state index contributed by atoms with van der Waals surface area (Å²) in [5.74, 6) is 2.89. The van der Waals surface area contributed by atoms with E-state index in [-0.39, 0.29) is 6.04 Å². The predicted octanol–water partition coefficient (Wildman–Crippen LogP) is 2.77. The van der Waals surface area contributed by atoms with Gasteiger partial charge < -0.3 is 14.7 Å². The molecule has 1 unspecified atom stereocenters. The van der Waals surface area contributed by atoms with Gasteiger partial charge in [0.2, 0.25) is 0 Å². The fraction of sp³-hybridized carbons (Fsp3) is 0.591. The maximum atomic E-state index is 11.9. The number of hydrogen-bond donors (Lipinski definition) is 2. The zero-order valence-electron chi connectivity index (χ0n) is 17.3. The number of fused-ring (bicyclic) bond motifs is 3. The van der Waals surface area contributed by atoms with Gasteiger partial charge >= 0.3 is 0 Å². The molecule has 8 heteroatoms. The van der Waals surface area contributed by atoms with Gasteiger partial charge in [0.1, 0.15) is 5.82 Å². The van der Waals surface area contributed by atoms with Crippen molar-refractivity contribution in [1.82, 2.24) is 25.0 Å². The van der Waals surface area contributed by atoms with Gasteiger partial charge in [-0.3, -0.25) is 5.10 Å². The summed E-state index contributed by atoms with van der Waals surface area (Å²) in [6.45, 7) is 4.32. The second-order valence-electron chi connectivity index (χ2n) is 9.37. The maximum Gasteiger partial charge on any atom is 0.167 e. The number of H-pyrrole nitrogens is 1. The van der Waals surface area contributed by atoms with E-state index in [4.69, 9.17) is 9.72 Å². The summed E-state index contributed by atoms with van der Waals surface area (Å²) >= 11 is 0. The smallest absolute Gasteiger partial charge is 0.167 e. The van der Waals surface area contributed by atoms with Crippen LogP contribution >= 0.6 is 0 Å². The van der Waals surface area contributed by atoms with Gasteiger partial charge in [-0.1, -0.05) is 12.8 Å². The van der Waals surface area contributed by atoms with Crippen LogP contribution in [-0.2, 0) is 10.3 Å². The zero-order chi connectivity index (χ0) is 20.3. The largest absolute Gasteiger partial charge is 0.385 e. The summed E-state index contributed by atoms with van der Waals surface area (Å²) < 4.78 is 7.43. The third-order valence-electron chi connectivity index (χ3n) is 7.31. The molecule has 0 spiro atoms. The number of nitrogens with one attached hydrogen (secondary N) is 1. The third-order valence-corrected chi connectivity index (χ3v) is 7.31. The first kappa shape index (κ1) is 18.3. The summed E-state index contributed by atoms with van der Waals surface area (Å²) in [4.78, 5) is 7.31. The van der Waals surface area contributed by atoms with Crippen LogP contribution in [0.1, 0.15) is 44.6 Å². The number of aromatic amines is 1. The monoisotopic (exact) mass is 408 g/mol. The zero-order valence-corrected chi connectivity index (χ0v) is 17.3. The molecule has 0 radical (unpaired) electrons. The fourth-order valence-corrected chi connectivity index (χ4v) is 5.94. The van der Waals surface area contributed by atoms with E-state index >= 15 is 0 Å². The number of pyridine rings is 1. The molecule has 2 bridgehead atoms. The Labute approximate surface area is 175 Å². The first-order valence-corrected chi connectivity index (χ1v) is 11.1. The minimum absolute atomic E-state index is 0.234. The van der Waals surface area contributed by atoms with Crippen LogP contribution in [0.4, 0.5) is 5.82 Å². The fourth-order valence-electron chi connectivity index (χ4n) is 5.94. The Morgan fingerprint density at radius 2 is 2.10 bits per heavy atom. The van der Waals surface area contributed by atoms with Gasteiger partial charge in [-0.15, -0.1) is 0 Å². The van der Waals surface area contributed by atoms with Crippen LogP contribution in [0.25, 0.3) is 16.9 Å². The normalized spacial score (nSPS) is 31.5. The molecule has 3 aliphatic rings. The van der Waals surface area contributed by atoms with Gasteiger partial charge in [-0.2, -0.15) is 14.9 Å². The third kappa shape index (κ3) is 2.85. The average Bonchev–Trinajstić information content (AvgIpc) is 3.47. The molecule has 1 aliphatic heterocycles. The second-order valence-corrected chi connectivity index (χ2v) is 9.37.